The molecule has 0 fully saturated rings. The van der Waals surface area contributed by atoms with Crippen LogP contribution in [0.25, 0.3) is 17.1 Å². The van der Waals surface area contributed by atoms with E-state index in [1.54, 1.807) is 7.11 Å². The van der Waals surface area contributed by atoms with Gasteiger partial charge < -0.3 is 10.1 Å². The SMILES string of the molecule is COc1ccc(-n2c(SCC(=O)N[C@H](C)c3ccccc3)nnc2-c2ccccc2)cc1. The van der Waals surface area contributed by atoms with Crippen LogP contribution in [0.5, 0.6) is 5.75 Å². The summed E-state index contributed by atoms with van der Waals surface area (Å²) in [5.41, 5.74) is 2.92. The second-order valence-electron chi connectivity index (χ2n) is 7.19. The maximum atomic E-state index is 12.6. The van der Waals surface area contributed by atoms with E-state index < -0.39 is 0 Å². The molecule has 0 radical (unpaired) electrons. The van der Waals surface area contributed by atoms with E-state index in [-0.39, 0.29) is 17.7 Å². The Balaban J connectivity index is 1.55. The lowest BCUT2D eigenvalue weighted by molar-refractivity contribution is -0.119. The van der Waals surface area contributed by atoms with Crippen LogP contribution in [-0.4, -0.2) is 33.5 Å². The molecule has 0 aliphatic rings. The molecule has 1 amide bonds. The fraction of sp³-hybridized carbons (Fsp3) is 0.160. The van der Waals surface area contributed by atoms with Gasteiger partial charge in [0, 0.05) is 11.3 Å². The van der Waals surface area contributed by atoms with E-state index >= 15 is 0 Å². The molecule has 6 nitrogen and oxygen atoms in total. The predicted molar refractivity (Wildman–Crippen MR) is 127 cm³/mol. The number of aromatic nitrogens is 3. The van der Waals surface area contributed by atoms with Crippen molar-refractivity contribution < 1.29 is 9.53 Å². The Labute approximate surface area is 191 Å². The van der Waals surface area contributed by atoms with E-state index in [9.17, 15) is 4.79 Å². The van der Waals surface area contributed by atoms with Crippen molar-refractivity contribution in [3.8, 4) is 22.8 Å². The van der Waals surface area contributed by atoms with E-state index in [2.05, 4.69) is 15.5 Å². The number of nitrogens with zero attached hydrogens (tertiary/aromatic N) is 3. The van der Waals surface area contributed by atoms with Crippen molar-refractivity contribution in [2.75, 3.05) is 12.9 Å². The summed E-state index contributed by atoms with van der Waals surface area (Å²) < 4.78 is 7.25. The highest BCUT2D eigenvalue weighted by molar-refractivity contribution is 7.99. The van der Waals surface area contributed by atoms with E-state index in [1.807, 2.05) is 96.4 Å². The van der Waals surface area contributed by atoms with Crippen molar-refractivity contribution in [1.82, 2.24) is 20.1 Å². The summed E-state index contributed by atoms with van der Waals surface area (Å²) in [7, 11) is 1.64. The molecule has 162 valence electrons. The monoisotopic (exact) mass is 444 g/mol. The Morgan fingerprint density at radius 3 is 2.28 bits per heavy atom. The van der Waals surface area contributed by atoms with Crippen LogP contribution in [0.2, 0.25) is 0 Å². The Morgan fingerprint density at radius 2 is 1.62 bits per heavy atom. The minimum Gasteiger partial charge on any atom is -0.497 e. The van der Waals surface area contributed by atoms with Crippen LogP contribution >= 0.6 is 11.8 Å². The van der Waals surface area contributed by atoms with E-state index in [0.717, 1.165) is 28.4 Å². The quantitative estimate of drug-likeness (QED) is 0.391. The number of nitrogens with one attached hydrogen (secondary N) is 1. The number of thioether (sulfide) groups is 1. The maximum Gasteiger partial charge on any atom is 0.230 e. The van der Waals surface area contributed by atoms with Crippen molar-refractivity contribution in [2.45, 2.75) is 18.1 Å². The number of hydrogen-bond acceptors (Lipinski definition) is 5. The van der Waals surface area contributed by atoms with Gasteiger partial charge in [-0.3, -0.25) is 9.36 Å². The molecule has 1 heterocycles. The molecule has 0 aliphatic heterocycles. The second-order valence-corrected chi connectivity index (χ2v) is 8.14. The molecule has 0 saturated heterocycles. The molecule has 0 unspecified atom stereocenters. The number of amides is 1. The van der Waals surface area contributed by atoms with Crippen molar-refractivity contribution >= 4 is 17.7 Å². The third-order valence-electron chi connectivity index (χ3n) is 5.01. The highest BCUT2D eigenvalue weighted by Gasteiger charge is 2.18. The van der Waals surface area contributed by atoms with Gasteiger partial charge in [-0.05, 0) is 36.8 Å². The van der Waals surface area contributed by atoms with Gasteiger partial charge in [-0.25, -0.2) is 0 Å². The van der Waals surface area contributed by atoms with Crippen molar-refractivity contribution in [3.63, 3.8) is 0 Å². The summed E-state index contributed by atoms with van der Waals surface area (Å²) in [6.07, 6.45) is 0. The zero-order chi connectivity index (χ0) is 22.3. The molecular formula is C25H24N4O2S. The lowest BCUT2D eigenvalue weighted by atomic mass is 10.1. The highest BCUT2D eigenvalue weighted by atomic mass is 32.2. The van der Waals surface area contributed by atoms with E-state index in [1.165, 1.54) is 11.8 Å². The van der Waals surface area contributed by atoms with Gasteiger partial charge in [0.25, 0.3) is 0 Å². The van der Waals surface area contributed by atoms with Gasteiger partial charge in [0.1, 0.15) is 5.75 Å². The largest absolute Gasteiger partial charge is 0.497 e. The average molecular weight is 445 g/mol. The standard InChI is InChI=1S/C25H24N4O2S/c1-18(19-9-5-3-6-10-19)26-23(30)17-32-25-28-27-24(20-11-7-4-8-12-20)29(25)21-13-15-22(31-2)16-14-21/h3-16,18H,17H2,1-2H3,(H,26,30)/t18-/m1/s1. The zero-order valence-electron chi connectivity index (χ0n) is 17.9. The number of benzene rings is 3. The number of methoxy groups -OCH3 is 1. The van der Waals surface area contributed by atoms with Crippen LogP contribution in [0, 0.1) is 0 Å². The summed E-state index contributed by atoms with van der Waals surface area (Å²) in [6, 6.07) is 27.4. The van der Waals surface area contributed by atoms with E-state index in [0.29, 0.717) is 5.16 Å². The second kappa shape index (κ2) is 10.2. The number of carbonyl (C=O) groups excluding carboxylic acids is 1. The molecule has 7 heteroatoms. The number of hydrogen-bond donors (Lipinski definition) is 1. The van der Waals surface area contributed by atoms with Crippen molar-refractivity contribution in [2.24, 2.45) is 0 Å². The first-order chi connectivity index (χ1) is 15.7. The normalized spacial score (nSPS) is 11.7. The number of carbonyl (C=O) groups is 1. The van der Waals surface area contributed by atoms with Gasteiger partial charge in [0.15, 0.2) is 11.0 Å². The zero-order valence-corrected chi connectivity index (χ0v) is 18.8. The molecule has 1 aromatic heterocycles. The predicted octanol–water partition coefficient (Wildman–Crippen LogP) is 4.91. The van der Waals surface area contributed by atoms with Crippen molar-refractivity contribution in [1.29, 1.82) is 0 Å². The lowest BCUT2D eigenvalue weighted by Gasteiger charge is -2.14. The maximum absolute atomic E-state index is 12.6. The summed E-state index contributed by atoms with van der Waals surface area (Å²) in [6.45, 7) is 1.98. The Hall–Kier alpha value is -3.58. The van der Waals surface area contributed by atoms with Crippen LogP contribution in [0.3, 0.4) is 0 Å². The van der Waals surface area contributed by atoms with E-state index in [4.69, 9.17) is 4.74 Å². The summed E-state index contributed by atoms with van der Waals surface area (Å²) in [5, 5.41) is 12.5. The molecule has 3 aromatic carbocycles. The molecule has 4 aromatic rings. The van der Waals surface area contributed by atoms with Crippen LogP contribution < -0.4 is 10.1 Å². The Morgan fingerprint density at radius 1 is 0.969 bits per heavy atom. The summed E-state index contributed by atoms with van der Waals surface area (Å²) >= 11 is 1.36. The lowest BCUT2D eigenvalue weighted by Crippen LogP contribution is -2.28. The smallest absolute Gasteiger partial charge is 0.230 e. The third kappa shape index (κ3) is 5.00. The highest BCUT2D eigenvalue weighted by Crippen LogP contribution is 2.29. The Bertz CT molecular complexity index is 1160. The van der Waals surface area contributed by atoms with Crippen LogP contribution in [0.15, 0.2) is 90.1 Å². The molecule has 1 N–H and O–H groups in total. The number of rotatable bonds is 8. The molecule has 4 rings (SSSR count). The summed E-state index contributed by atoms with van der Waals surface area (Å²) in [5.74, 6) is 1.67. The molecule has 1 atom stereocenters. The molecule has 0 aliphatic carbocycles. The first-order valence-electron chi connectivity index (χ1n) is 10.3. The third-order valence-corrected chi connectivity index (χ3v) is 5.93. The van der Waals surface area contributed by atoms with Crippen LogP contribution in [0.1, 0.15) is 18.5 Å². The first-order valence-corrected chi connectivity index (χ1v) is 11.3. The first kappa shape index (κ1) is 21.6. The van der Waals surface area contributed by atoms with Gasteiger partial charge >= 0.3 is 0 Å². The van der Waals surface area contributed by atoms with Gasteiger partial charge in [0.05, 0.1) is 18.9 Å². The molecular weight excluding hydrogens is 420 g/mol. The molecule has 0 saturated carbocycles. The van der Waals surface area contributed by atoms with Crippen LogP contribution in [0.4, 0.5) is 0 Å². The van der Waals surface area contributed by atoms with Gasteiger partial charge in [-0.1, -0.05) is 72.4 Å². The average Bonchev–Trinajstić information content (AvgIpc) is 3.28. The molecule has 0 spiro atoms. The van der Waals surface area contributed by atoms with Gasteiger partial charge in [-0.2, -0.15) is 0 Å². The van der Waals surface area contributed by atoms with Gasteiger partial charge in [0.2, 0.25) is 5.91 Å². The van der Waals surface area contributed by atoms with Gasteiger partial charge in [-0.15, -0.1) is 10.2 Å². The van der Waals surface area contributed by atoms with Crippen LogP contribution in [-0.2, 0) is 4.79 Å². The fourth-order valence-corrected chi connectivity index (χ4v) is 4.10. The summed E-state index contributed by atoms with van der Waals surface area (Å²) in [4.78, 5) is 12.6. The Kier molecular flexibility index (Phi) is 6.87. The number of ether oxygens (including phenoxy) is 1. The minimum absolute atomic E-state index is 0.0584. The molecule has 0 bridgehead atoms. The topological polar surface area (TPSA) is 69.0 Å². The minimum atomic E-state index is -0.0661. The fourth-order valence-electron chi connectivity index (χ4n) is 3.34. The molecule has 32 heavy (non-hydrogen) atoms. The van der Waals surface area contributed by atoms with Crippen molar-refractivity contribution in [3.05, 3.63) is 90.5 Å².